The number of nitrogens with zero attached hydrogens (tertiary/aromatic N) is 2. The Bertz CT molecular complexity index is 1030. The van der Waals surface area contributed by atoms with Crippen LogP contribution in [-0.2, 0) is 32.6 Å². The average Bonchev–Trinajstić information content (AvgIpc) is 2.67. The molecule has 1 heterocycles. The number of carbonyl (C=O) groups excluding carboxylic acids is 2. The summed E-state index contributed by atoms with van der Waals surface area (Å²) >= 11 is 0. The minimum atomic E-state index is -3.72. The lowest BCUT2D eigenvalue weighted by molar-refractivity contribution is -0.121. The van der Waals surface area contributed by atoms with Crippen molar-refractivity contribution in [2.75, 3.05) is 21.2 Å². The zero-order chi connectivity index (χ0) is 20.9. The van der Waals surface area contributed by atoms with Crippen molar-refractivity contribution in [1.29, 1.82) is 0 Å². The molecule has 0 atom stereocenters. The molecule has 9 nitrogen and oxygen atoms in total. The van der Waals surface area contributed by atoms with Crippen LogP contribution in [-0.4, -0.2) is 50.4 Å². The summed E-state index contributed by atoms with van der Waals surface area (Å²) in [4.78, 5) is 35.4. The van der Waals surface area contributed by atoms with Gasteiger partial charge in [0.2, 0.25) is 15.9 Å². The molecule has 0 aliphatic carbocycles. The van der Waals surface area contributed by atoms with E-state index in [2.05, 4.69) is 10.1 Å². The van der Waals surface area contributed by atoms with E-state index >= 15 is 0 Å². The van der Waals surface area contributed by atoms with E-state index in [-0.39, 0.29) is 18.0 Å². The number of rotatable bonds is 7. The van der Waals surface area contributed by atoms with E-state index in [0.29, 0.717) is 5.56 Å². The number of amides is 1. The zero-order valence-corrected chi connectivity index (χ0v) is 16.5. The van der Waals surface area contributed by atoms with Gasteiger partial charge in [0.15, 0.2) is 0 Å². The third kappa shape index (κ3) is 5.05. The molecule has 0 aliphatic heterocycles. The molecule has 0 saturated heterocycles. The zero-order valence-electron chi connectivity index (χ0n) is 15.7. The first-order valence-corrected chi connectivity index (χ1v) is 9.66. The number of hydrogen-bond donors (Lipinski definition) is 1. The molecule has 0 spiro atoms. The summed E-state index contributed by atoms with van der Waals surface area (Å²) in [6.45, 7) is -0.138. The van der Waals surface area contributed by atoms with Crippen molar-refractivity contribution >= 4 is 21.9 Å². The Kier molecular flexibility index (Phi) is 6.71. The molecule has 1 amide bonds. The molecule has 2 aromatic rings. The number of hydrogen-bond acceptors (Lipinski definition) is 6. The maximum absolute atomic E-state index is 12.2. The van der Waals surface area contributed by atoms with Crippen LogP contribution in [0.3, 0.4) is 0 Å². The smallest absolute Gasteiger partial charge is 0.337 e. The summed E-state index contributed by atoms with van der Waals surface area (Å²) in [5.74, 6) is -0.916. The molecule has 2 rings (SSSR count). The number of sulfonamides is 1. The van der Waals surface area contributed by atoms with Crippen LogP contribution in [0.5, 0.6) is 0 Å². The van der Waals surface area contributed by atoms with Gasteiger partial charge in [0.1, 0.15) is 6.54 Å². The van der Waals surface area contributed by atoms with Crippen LogP contribution in [0.4, 0.5) is 0 Å². The van der Waals surface area contributed by atoms with Crippen LogP contribution < -0.4 is 10.9 Å². The SMILES string of the molecule is COC(=O)c1ccc(CNC(=O)Cn2cc(S(=O)(=O)N(C)C)ccc2=O)cc1. The second kappa shape index (κ2) is 8.81. The van der Waals surface area contributed by atoms with Crippen molar-refractivity contribution in [2.24, 2.45) is 0 Å². The molecule has 1 N–H and O–H groups in total. The molecular weight excluding hydrogens is 386 g/mol. The van der Waals surface area contributed by atoms with E-state index in [1.165, 1.54) is 27.3 Å². The van der Waals surface area contributed by atoms with Crippen LogP contribution in [0.15, 0.2) is 52.3 Å². The number of methoxy groups -OCH3 is 1. The first-order chi connectivity index (χ1) is 13.1. The van der Waals surface area contributed by atoms with E-state index in [1.54, 1.807) is 24.3 Å². The summed E-state index contributed by atoms with van der Waals surface area (Å²) in [6, 6.07) is 8.80. The number of nitrogens with one attached hydrogen (secondary N) is 1. The van der Waals surface area contributed by atoms with Gasteiger partial charge in [0.05, 0.1) is 17.6 Å². The molecule has 28 heavy (non-hydrogen) atoms. The fourth-order valence-electron chi connectivity index (χ4n) is 2.28. The van der Waals surface area contributed by atoms with Crippen LogP contribution in [0.25, 0.3) is 0 Å². The van der Waals surface area contributed by atoms with Gasteiger partial charge in [-0.25, -0.2) is 17.5 Å². The number of esters is 1. The highest BCUT2D eigenvalue weighted by atomic mass is 32.2. The summed E-state index contributed by atoms with van der Waals surface area (Å²) in [5.41, 5.74) is 0.649. The van der Waals surface area contributed by atoms with E-state index in [9.17, 15) is 22.8 Å². The Hall–Kier alpha value is -2.98. The second-order valence-corrected chi connectivity index (χ2v) is 8.24. The Morgan fingerprint density at radius 3 is 2.32 bits per heavy atom. The number of ether oxygens (including phenoxy) is 1. The monoisotopic (exact) mass is 407 g/mol. The first-order valence-electron chi connectivity index (χ1n) is 8.22. The van der Waals surface area contributed by atoms with Crippen LogP contribution >= 0.6 is 0 Å². The Morgan fingerprint density at radius 2 is 1.75 bits per heavy atom. The maximum Gasteiger partial charge on any atom is 0.337 e. The molecule has 0 unspecified atom stereocenters. The molecule has 1 aromatic carbocycles. The van der Waals surface area contributed by atoms with Crippen molar-refractivity contribution in [3.8, 4) is 0 Å². The molecule has 0 saturated carbocycles. The van der Waals surface area contributed by atoms with Crippen LogP contribution in [0, 0.1) is 0 Å². The van der Waals surface area contributed by atoms with E-state index in [4.69, 9.17) is 0 Å². The molecule has 0 aliphatic rings. The third-order valence-corrected chi connectivity index (χ3v) is 5.71. The van der Waals surface area contributed by atoms with Gasteiger partial charge < -0.3 is 14.6 Å². The van der Waals surface area contributed by atoms with Crippen molar-refractivity contribution in [3.05, 3.63) is 64.1 Å². The summed E-state index contributed by atoms with van der Waals surface area (Å²) in [7, 11) is 0.328. The highest BCUT2D eigenvalue weighted by molar-refractivity contribution is 7.89. The summed E-state index contributed by atoms with van der Waals surface area (Å²) in [5, 5.41) is 2.64. The Balaban J connectivity index is 2.05. The summed E-state index contributed by atoms with van der Waals surface area (Å²) in [6.07, 6.45) is 1.14. The van der Waals surface area contributed by atoms with Crippen LogP contribution in [0.1, 0.15) is 15.9 Å². The summed E-state index contributed by atoms with van der Waals surface area (Å²) < 4.78 is 31.0. The van der Waals surface area contributed by atoms with Crippen LogP contribution in [0.2, 0.25) is 0 Å². The van der Waals surface area contributed by atoms with E-state index in [1.807, 2.05) is 0 Å². The predicted molar refractivity (Wildman–Crippen MR) is 101 cm³/mol. The minimum absolute atomic E-state index is 0.0803. The van der Waals surface area contributed by atoms with Gasteiger partial charge in [0, 0.05) is 32.9 Å². The van der Waals surface area contributed by atoms with Crippen molar-refractivity contribution < 1.29 is 22.7 Å². The van der Waals surface area contributed by atoms with Gasteiger partial charge in [-0.2, -0.15) is 0 Å². The van der Waals surface area contributed by atoms with Gasteiger partial charge in [-0.3, -0.25) is 9.59 Å². The number of benzene rings is 1. The first kappa shape index (κ1) is 21.3. The topological polar surface area (TPSA) is 115 Å². The fourth-order valence-corrected chi connectivity index (χ4v) is 3.21. The largest absolute Gasteiger partial charge is 0.465 e. The molecule has 0 fully saturated rings. The lowest BCUT2D eigenvalue weighted by Gasteiger charge is -2.13. The normalized spacial score (nSPS) is 11.3. The predicted octanol–water partition coefficient (Wildman–Crippen LogP) is 0.202. The molecule has 150 valence electrons. The quantitative estimate of drug-likeness (QED) is 0.656. The average molecular weight is 407 g/mol. The van der Waals surface area contributed by atoms with Gasteiger partial charge >= 0.3 is 5.97 Å². The van der Waals surface area contributed by atoms with Crippen molar-refractivity contribution in [1.82, 2.24) is 14.2 Å². The molecule has 0 bridgehead atoms. The van der Waals surface area contributed by atoms with Crippen molar-refractivity contribution in [2.45, 2.75) is 18.0 Å². The van der Waals surface area contributed by atoms with Gasteiger partial charge in [0.25, 0.3) is 5.56 Å². The number of aromatic nitrogens is 1. The lowest BCUT2D eigenvalue weighted by atomic mass is 10.1. The highest BCUT2D eigenvalue weighted by Crippen LogP contribution is 2.10. The molecule has 1 aromatic heterocycles. The standard InChI is InChI=1S/C18H21N3O6S/c1-20(2)28(25,26)15-8-9-17(23)21(11-15)12-16(22)19-10-13-4-6-14(7-5-13)18(24)27-3/h4-9,11H,10,12H2,1-3H3,(H,19,22). The fraction of sp³-hybridized carbons (Fsp3) is 0.278. The van der Waals surface area contributed by atoms with E-state index in [0.717, 1.165) is 26.7 Å². The van der Waals surface area contributed by atoms with Gasteiger partial charge in [-0.15, -0.1) is 0 Å². The van der Waals surface area contributed by atoms with Gasteiger partial charge in [-0.1, -0.05) is 12.1 Å². The van der Waals surface area contributed by atoms with Gasteiger partial charge in [-0.05, 0) is 23.8 Å². The maximum atomic E-state index is 12.2. The van der Waals surface area contributed by atoms with Crippen molar-refractivity contribution in [3.63, 3.8) is 0 Å². The lowest BCUT2D eigenvalue weighted by Crippen LogP contribution is -2.32. The number of pyridine rings is 1. The molecule has 0 radical (unpaired) electrons. The minimum Gasteiger partial charge on any atom is -0.465 e. The molecule has 10 heteroatoms. The molecular formula is C18H21N3O6S. The Labute approximate surface area is 162 Å². The number of carbonyl (C=O) groups is 2. The van der Waals surface area contributed by atoms with E-state index < -0.39 is 27.5 Å². The highest BCUT2D eigenvalue weighted by Gasteiger charge is 2.18. The second-order valence-electron chi connectivity index (χ2n) is 6.08. The third-order valence-electron chi connectivity index (χ3n) is 3.91. The Morgan fingerprint density at radius 1 is 1.11 bits per heavy atom.